The standard InChI is InChI=1S/C18H22N6S/c1-3-13-12-14-16(21-15(4-2)22-17(14)25-13)23-8-10-24(11-9-23)18-19-6-5-7-20-18/h5-7,12H,3-4,8-11H2,1-2H3. The average molecular weight is 354 g/mol. The number of aryl methyl sites for hydroxylation is 2. The van der Waals surface area contributed by atoms with Gasteiger partial charge in [0.2, 0.25) is 5.95 Å². The summed E-state index contributed by atoms with van der Waals surface area (Å²) in [5, 5.41) is 1.20. The Morgan fingerprint density at radius 3 is 2.36 bits per heavy atom. The van der Waals surface area contributed by atoms with Crippen LogP contribution in [0.3, 0.4) is 0 Å². The van der Waals surface area contributed by atoms with E-state index in [9.17, 15) is 0 Å². The molecular formula is C18H22N6S. The zero-order valence-electron chi connectivity index (χ0n) is 14.6. The highest BCUT2D eigenvalue weighted by molar-refractivity contribution is 7.18. The minimum Gasteiger partial charge on any atom is -0.352 e. The lowest BCUT2D eigenvalue weighted by Gasteiger charge is -2.35. The van der Waals surface area contributed by atoms with Crippen molar-refractivity contribution < 1.29 is 0 Å². The Balaban J connectivity index is 1.61. The van der Waals surface area contributed by atoms with Gasteiger partial charge in [-0.2, -0.15) is 0 Å². The van der Waals surface area contributed by atoms with Crippen LogP contribution in [0.2, 0.25) is 0 Å². The van der Waals surface area contributed by atoms with Gasteiger partial charge >= 0.3 is 0 Å². The Morgan fingerprint density at radius 1 is 0.960 bits per heavy atom. The van der Waals surface area contributed by atoms with Gasteiger partial charge in [-0.15, -0.1) is 11.3 Å². The van der Waals surface area contributed by atoms with Crippen molar-refractivity contribution in [3.8, 4) is 0 Å². The third-order valence-corrected chi connectivity index (χ3v) is 5.72. The molecule has 0 unspecified atom stereocenters. The fraction of sp³-hybridized carbons (Fsp3) is 0.444. The third kappa shape index (κ3) is 3.16. The average Bonchev–Trinajstić information content (AvgIpc) is 3.11. The van der Waals surface area contributed by atoms with Gasteiger partial charge in [0.05, 0.1) is 5.39 Å². The van der Waals surface area contributed by atoms with Crippen molar-refractivity contribution in [2.75, 3.05) is 36.0 Å². The molecule has 0 radical (unpaired) electrons. The first kappa shape index (κ1) is 16.2. The number of anilines is 2. The molecule has 0 N–H and O–H groups in total. The van der Waals surface area contributed by atoms with Crippen LogP contribution in [0.25, 0.3) is 10.2 Å². The van der Waals surface area contributed by atoms with Gasteiger partial charge in [0.1, 0.15) is 16.5 Å². The highest BCUT2D eigenvalue weighted by atomic mass is 32.1. The van der Waals surface area contributed by atoms with Crippen molar-refractivity contribution in [2.45, 2.75) is 26.7 Å². The predicted molar refractivity (Wildman–Crippen MR) is 103 cm³/mol. The summed E-state index contributed by atoms with van der Waals surface area (Å²) in [6.07, 6.45) is 5.50. The molecule has 4 heterocycles. The van der Waals surface area contributed by atoms with E-state index in [0.717, 1.165) is 61.4 Å². The number of hydrogen-bond donors (Lipinski definition) is 0. The SMILES string of the molecule is CCc1nc(N2CCN(c3ncccn3)CC2)c2cc(CC)sc2n1. The highest BCUT2D eigenvalue weighted by Gasteiger charge is 2.22. The molecule has 130 valence electrons. The van der Waals surface area contributed by atoms with Crippen LogP contribution in [0.4, 0.5) is 11.8 Å². The van der Waals surface area contributed by atoms with Crippen molar-refractivity contribution in [1.29, 1.82) is 0 Å². The van der Waals surface area contributed by atoms with E-state index in [-0.39, 0.29) is 0 Å². The molecule has 3 aromatic heterocycles. The number of fused-ring (bicyclic) bond motifs is 1. The van der Waals surface area contributed by atoms with Gasteiger partial charge in [0.25, 0.3) is 0 Å². The first-order valence-corrected chi connectivity index (χ1v) is 9.66. The second kappa shape index (κ2) is 6.92. The predicted octanol–water partition coefficient (Wildman–Crippen LogP) is 2.93. The third-order valence-electron chi connectivity index (χ3n) is 4.55. The fourth-order valence-electron chi connectivity index (χ4n) is 3.15. The van der Waals surface area contributed by atoms with Crippen LogP contribution in [0.5, 0.6) is 0 Å². The molecule has 1 fully saturated rings. The summed E-state index contributed by atoms with van der Waals surface area (Å²) >= 11 is 1.79. The van der Waals surface area contributed by atoms with E-state index in [4.69, 9.17) is 9.97 Å². The molecule has 25 heavy (non-hydrogen) atoms. The molecule has 1 aliphatic heterocycles. The number of nitrogens with zero attached hydrogens (tertiary/aromatic N) is 6. The Bertz CT molecular complexity index is 855. The number of aromatic nitrogens is 4. The van der Waals surface area contributed by atoms with E-state index in [1.807, 2.05) is 6.07 Å². The molecule has 0 aliphatic carbocycles. The summed E-state index contributed by atoms with van der Waals surface area (Å²) in [7, 11) is 0. The molecular weight excluding hydrogens is 332 g/mol. The largest absolute Gasteiger partial charge is 0.352 e. The second-order valence-corrected chi connectivity index (χ2v) is 7.24. The van der Waals surface area contributed by atoms with Crippen LogP contribution >= 0.6 is 11.3 Å². The van der Waals surface area contributed by atoms with E-state index < -0.39 is 0 Å². The quantitative estimate of drug-likeness (QED) is 0.718. The van der Waals surface area contributed by atoms with Crippen LogP contribution in [0.1, 0.15) is 24.5 Å². The topological polar surface area (TPSA) is 58.0 Å². The van der Waals surface area contributed by atoms with Crippen LogP contribution in [0.15, 0.2) is 24.5 Å². The van der Waals surface area contributed by atoms with Gasteiger partial charge in [0.15, 0.2) is 0 Å². The lowest BCUT2D eigenvalue weighted by atomic mass is 10.2. The number of rotatable bonds is 4. The summed E-state index contributed by atoms with van der Waals surface area (Å²) in [6, 6.07) is 4.12. The summed E-state index contributed by atoms with van der Waals surface area (Å²) in [6.45, 7) is 7.96. The molecule has 4 rings (SSSR count). The lowest BCUT2D eigenvalue weighted by molar-refractivity contribution is 0.634. The molecule has 0 bridgehead atoms. The van der Waals surface area contributed by atoms with E-state index >= 15 is 0 Å². The van der Waals surface area contributed by atoms with Gasteiger partial charge in [-0.3, -0.25) is 0 Å². The normalized spacial score (nSPS) is 15.1. The van der Waals surface area contributed by atoms with Crippen molar-refractivity contribution >= 4 is 33.3 Å². The molecule has 0 amide bonds. The second-order valence-electron chi connectivity index (χ2n) is 6.12. The Kier molecular flexibility index (Phi) is 4.48. The lowest BCUT2D eigenvalue weighted by Crippen LogP contribution is -2.47. The van der Waals surface area contributed by atoms with Gasteiger partial charge < -0.3 is 9.80 Å². The van der Waals surface area contributed by atoms with Gasteiger partial charge in [-0.05, 0) is 18.6 Å². The summed E-state index contributed by atoms with van der Waals surface area (Å²) in [5.41, 5.74) is 0. The van der Waals surface area contributed by atoms with Gasteiger partial charge in [-0.1, -0.05) is 13.8 Å². The maximum atomic E-state index is 4.86. The molecule has 6 nitrogen and oxygen atoms in total. The molecule has 0 atom stereocenters. The Labute approximate surface area is 151 Å². The minimum absolute atomic E-state index is 0.813. The molecule has 0 spiro atoms. The highest BCUT2D eigenvalue weighted by Crippen LogP contribution is 2.32. The molecule has 1 saturated heterocycles. The zero-order valence-corrected chi connectivity index (χ0v) is 15.5. The first-order valence-electron chi connectivity index (χ1n) is 8.84. The van der Waals surface area contributed by atoms with Crippen molar-refractivity contribution in [3.63, 3.8) is 0 Å². The zero-order chi connectivity index (χ0) is 17.2. The molecule has 0 aromatic carbocycles. The summed E-state index contributed by atoms with van der Waals surface area (Å²) < 4.78 is 0. The maximum absolute atomic E-state index is 4.86. The van der Waals surface area contributed by atoms with Gasteiger partial charge in [0, 0.05) is 49.9 Å². The molecule has 0 saturated carbocycles. The number of thiophene rings is 1. The van der Waals surface area contributed by atoms with E-state index in [2.05, 4.69) is 39.7 Å². The van der Waals surface area contributed by atoms with Crippen molar-refractivity contribution in [1.82, 2.24) is 19.9 Å². The number of hydrogen-bond acceptors (Lipinski definition) is 7. The van der Waals surface area contributed by atoms with E-state index in [1.54, 1.807) is 23.7 Å². The smallest absolute Gasteiger partial charge is 0.225 e. The number of piperazine rings is 1. The molecule has 7 heteroatoms. The first-order chi connectivity index (χ1) is 12.3. The summed E-state index contributed by atoms with van der Waals surface area (Å²) in [4.78, 5) is 25.4. The Hall–Kier alpha value is -2.28. The van der Waals surface area contributed by atoms with Gasteiger partial charge in [-0.25, -0.2) is 19.9 Å². The minimum atomic E-state index is 0.813. The Morgan fingerprint density at radius 2 is 1.68 bits per heavy atom. The summed E-state index contributed by atoms with van der Waals surface area (Å²) in [5.74, 6) is 2.83. The maximum Gasteiger partial charge on any atom is 0.225 e. The van der Waals surface area contributed by atoms with Crippen LogP contribution < -0.4 is 9.80 Å². The van der Waals surface area contributed by atoms with E-state index in [0.29, 0.717) is 0 Å². The van der Waals surface area contributed by atoms with Crippen LogP contribution in [-0.4, -0.2) is 46.1 Å². The molecule has 3 aromatic rings. The van der Waals surface area contributed by atoms with Crippen molar-refractivity contribution in [3.05, 3.63) is 35.2 Å². The van der Waals surface area contributed by atoms with Crippen LogP contribution in [-0.2, 0) is 12.8 Å². The molecule has 1 aliphatic rings. The fourth-order valence-corrected chi connectivity index (χ4v) is 4.13. The van der Waals surface area contributed by atoms with E-state index in [1.165, 1.54) is 10.3 Å². The van der Waals surface area contributed by atoms with Crippen molar-refractivity contribution in [2.24, 2.45) is 0 Å². The van der Waals surface area contributed by atoms with Crippen LogP contribution in [0, 0.1) is 0 Å². The monoisotopic (exact) mass is 354 g/mol.